The molecule has 0 bridgehead atoms. The maximum atomic E-state index is 11.0. The van der Waals surface area contributed by atoms with Crippen molar-refractivity contribution in [1.29, 1.82) is 0 Å². The minimum atomic E-state index is -0.325. The summed E-state index contributed by atoms with van der Waals surface area (Å²) in [4.78, 5) is 11.0. The number of hydrogen-bond donors (Lipinski definition) is 0. The molecule has 4 heteroatoms. The highest BCUT2D eigenvalue weighted by Gasteiger charge is 2.04. The predicted octanol–water partition coefficient (Wildman–Crippen LogP) is 1.63. The van der Waals surface area contributed by atoms with Gasteiger partial charge in [-0.15, -0.1) is 0 Å². The summed E-state index contributed by atoms with van der Waals surface area (Å²) in [7, 11) is 0. The number of esters is 1. The fraction of sp³-hybridized carbons (Fsp3) is 0.909. The van der Waals surface area contributed by atoms with E-state index >= 15 is 0 Å². The second-order valence-corrected chi connectivity index (χ2v) is 4.06. The first-order valence-electron chi connectivity index (χ1n) is 5.37. The molecule has 0 aliphatic rings. The third-order valence-corrected chi connectivity index (χ3v) is 1.41. The zero-order valence-electron chi connectivity index (χ0n) is 10.1. The summed E-state index contributed by atoms with van der Waals surface area (Å²) in [6, 6.07) is 0. The third kappa shape index (κ3) is 11.3. The lowest BCUT2D eigenvalue weighted by Crippen LogP contribution is -2.18. The van der Waals surface area contributed by atoms with Crippen LogP contribution in [-0.4, -0.2) is 38.5 Å². The molecule has 0 aromatic rings. The smallest absolute Gasteiger partial charge is 0.332 e. The highest BCUT2D eigenvalue weighted by atomic mass is 16.6. The van der Waals surface area contributed by atoms with Crippen LogP contribution in [0.25, 0.3) is 0 Å². The lowest BCUT2D eigenvalue weighted by molar-refractivity contribution is -0.153. The number of carbonyl (C=O) groups is 1. The number of carbonyl (C=O) groups excluding carboxylic acids is 1. The largest absolute Gasteiger partial charge is 0.461 e. The molecule has 90 valence electrons. The predicted molar refractivity (Wildman–Crippen MR) is 57.7 cm³/mol. The molecule has 0 amide bonds. The molecule has 0 aromatic heterocycles. The molecule has 0 fully saturated rings. The van der Waals surface area contributed by atoms with Crippen LogP contribution in [0, 0.1) is 5.92 Å². The fourth-order valence-electron chi connectivity index (χ4n) is 0.889. The van der Waals surface area contributed by atoms with E-state index < -0.39 is 0 Å². The first-order chi connectivity index (χ1) is 7.02. The van der Waals surface area contributed by atoms with Gasteiger partial charge >= 0.3 is 5.97 Å². The summed E-state index contributed by atoms with van der Waals surface area (Å²) in [5, 5.41) is 0. The summed E-state index contributed by atoms with van der Waals surface area (Å²) in [5.74, 6) is 0.199. The van der Waals surface area contributed by atoms with E-state index in [-0.39, 0.29) is 18.7 Å². The van der Waals surface area contributed by atoms with Crippen LogP contribution in [0.15, 0.2) is 0 Å². The molecular weight excluding hydrogens is 196 g/mol. The first kappa shape index (κ1) is 14.4. The third-order valence-electron chi connectivity index (χ3n) is 1.41. The van der Waals surface area contributed by atoms with Crippen molar-refractivity contribution in [3.63, 3.8) is 0 Å². The molecule has 0 rings (SSSR count). The second kappa shape index (κ2) is 8.68. The maximum absolute atomic E-state index is 11.0. The van der Waals surface area contributed by atoms with E-state index in [4.69, 9.17) is 14.2 Å². The van der Waals surface area contributed by atoms with E-state index in [1.807, 2.05) is 13.8 Å². The van der Waals surface area contributed by atoms with E-state index in [2.05, 4.69) is 13.8 Å². The molecule has 0 N–H and O–H groups in total. The zero-order valence-corrected chi connectivity index (χ0v) is 10.1. The summed E-state index contributed by atoms with van der Waals surface area (Å²) >= 11 is 0. The van der Waals surface area contributed by atoms with Crippen LogP contribution >= 0.6 is 0 Å². The molecule has 0 aliphatic carbocycles. The zero-order chi connectivity index (χ0) is 11.7. The van der Waals surface area contributed by atoms with Gasteiger partial charge in [-0.3, -0.25) is 0 Å². The number of hydrogen-bond acceptors (Lipinski definition) is 4. The molecule has 0 radical (unpaired) electrons. The van der Waals surface area contributed by atoms with Crippen LogP contribution in [0.2, 0.25) is 0 Å². The van der Waals surface area contributed by atoms with Crippen LogP contribution in [0.4, 0.5) is 0 Å². The number of ether oxygens (including phenoxy) is 3. The quantitative estimate of drug-likeness (QED) is 0.459. The molecule has 0 aromatic carbocycles. The van der Waals surface area contributed by atoms with Gasteiger partial charge < -0.3 is 14.2 Å². The van der Waals surface area contributed by atoms with Crippen molar-refractivity contribution in [2.75, 3.05) is 26.4 Å². The molecular formula is C11H22O4. The van der Waals surface area contributed by atoms with Gasteiger partial charge in [0.25, 0.3) is 0 Å². The van der Waals surface area contributed by atoms with Crippen molar-refractivity contribution in [1.82, 2.24) is 0 Å². The Morgan fingerprint density at radius 1 is 1.07 bits per heavy atom. The Balaban J connectivity index is 3.20. The maximum Gasteiger partial charge on any atom is 0.332 e. The Kier molecular flexibility index (Phi) is 8.33. The second-order valence-electron chi connectivity index (χ2n) is 4.06. The van der Waals surface area contributed by atoms with Gasteiger partial charge in [-0.1, -0.05) is 13.8 Å². The molecule has 15 heavy (non-hydrogen) atoms. The van der Waals surface area contributed by atoms with Crippen LogP contribution in [0.5, 0.6) is 0 Å². The Bertz CT molecular complexity index is 166. The highest BCUT2D eigenvalue weighted by Crippen LogP contribution is 1.93. The Hall–Kier alpha value is -0.610. The lowest BCUT2D eigenvalue weighted by Gasteiger charge is -2.09. The van der Waals surface area contributed by atoms with Crippen molar-refractivity contribution < 1.29 is 19.0 Å². The Labute approximate surface area is 91.9 Å². The topological polar surface area (TPSA) is 44.8 Å². The van der Waals surface area contributed by atoms with Gasteiger partial charge in [0, 0.05) is 6.61 Å². The molecule has 0 spiro atoms. The lowest BCUT2D eigenvalue weighted by atomic mass is 10.2. The van der Waals surface area contributed by atoms with Gasteiger partial charge in [0.1, 0.15) is 6.61 Å². The van der Waals surface area contributed by atoms with Gasteiger partial charge in [0.15, 0.2) is 0 Å². The van der Waals surface area contributed by atoms with Crippen LogP contribution in [0.3, 0.4) is 0 Å². The van der Waals surface area contributed by atoms with Crippen molar-refractivity contribution in [2.45, 2.75) is 33.8 Å². The molecule has 0 aliphatic heterocycles. The minimum absolute atomic E-state index is 0.00319. The molecule has 0 unspecified atom stereocenters. The first-order valence-corrected chi connectivity index (χ1v) is 5.37. The number of rotatable bonds is 8. The SMILES string of the molecule is CC(C)COCCOCC(=O)OC(C)C. The highest BCUT2D eigenvalue weighted by molar-refractivity contribution is 5.70. The fourth-order valence-corrected chi connectivity index (χ4v) is 0.889. The molecule has 4 nitrogen and oxygen atoms in total. The van der Waals surface area contributed by atoms with Gasteiger partial charge in [0.05, 0.1) is 19.3 Å². The average Bonchev–Trinajstić information content (AvgIpc) is 2.09. The molecule has 0 saturated carbocycles. The summed E-state index contributed by atoms with van der Waals surface area (Å²) < 4.78 is 15.2. The van der Waals surface area contributed by atoms with E-state index in [1.165, 1.54) is 0 Å². The van der Waals surface area contributed by atoms with Crippen molar-refractivity contribution in [3.05, 3.63) is 0 Å². The van der Waals surface area contributed by atoms with Crippen LogP contribution in [-0.2, 0) is 19.0 Å². The average molecular weight is 218 g/mol. The summed E-state index contributed by atoms with van der Waals surface area (Å²) in [6.45, 7) is 9.46. The van der Waals surface area contributed by atoms with Gasteiger partial charge in [-0.2, -0.15) is 0 Å². The van der Waals surface area contributed by atoms with E-state index in [1.54, 1.807) is 0 Å². The molecule has 0 atom stereocenters. The van der Waals surface area contributed by atoms with E-state index in [0.29, 0.717) is 19.1 Å². The monoisotopic (exact) mass is 218 g/mol. The van der Waals surface area contributed by atoms with Crippen LogP contribution in [0.1, 0.15) is 27.7 Å². The summed E-state index contributed by atoms with van der Waals surface area (Å²) in [5.41, 5.74) is 0. The van der Waals surface area contributed by atoms with Crippen molar-refractivity contribution >= 4 is 5.97 Å². The summed E-state index contributed by atoms with van der Waals surface area (Å²) in [6.07, 6.45) is -0.0849. The van der Waals surface area contributed by atoms with Crippen LogP contribution < -0.4 is 0 Å². The van der Waals surface area contributed by atoms with Crippen molar-refractivity contribution in [2.24, 2.45) is 5.92 Å². The molecule has 0 saturated heterocycles. The standard InChI is InChI=1S/C11H22O4/c1-9(2)7-13-5-6-14-8-11(12)15-10(3)4/h9-10H,5-8H2,1-4H3. The van der Waals surface area contributed by atoms with Gasteiger partial charge in [0.2, 0.25) is 0 Å². The van der Waals surface area contributed by atoms with Gasteiger partial charge in [-0.05, 0) is 19.8 Å². The van der Waals surface area contributed by atoms with E-state index in [9.17, 15) is 4.79 Å². The Morgan fingerprint density at radius 3 is 2.20 bits per heavy atom. The normalized spacial score (nSPS) is 11.1. The van der Waals surface area contributed by atoms with E-state index in [0.717, 1.165) is 6.61 Å². The Morgan fingerprint density at radius 2 is 1.67 bits per heavy atom. The molecule has 0 heterocycles. The van der Waals surface area contributed by atoms with Gasteiger partial charge in [-0.25, -0.2) is 4.79 Å². The van der Waals surface area contributed by atoms with Crippen molar-refractivity contribution in [3.8, 4) is 0 Å². The minimum Gasteiger partial charge on any atom is -0.461 e.